The number of amides is 1. The van der Waals surface area contributed by atoms with Crippen LogP contribution in [0.5, 0.6) is 0 Å². The van der Waals surface area contributed by atoms with Gasteiger partial charge in [-0.15, -0.1) is 0 Å². The molecule has 0 aliphatic carbocycles. The van der Waals surface area contributed by atoms with E-state index in [2.05, 4.69) is 22.0 Å². The second kappa shape index (κ2) is 9.18. The van der Waals surface area contributed by atoms with Crippen LogP contribution < -0.4 is 0 Å². The Hall–Kier alpha value is -3.05. The molecule has 4 rings (SSSR count). The molecule has 5 heteroatoms. The van der Waals surface area contributed by atoms with Gasteiger partial charge in [-0.3, -0.25) is 14.7 Å². The van der Waals surface area contributed by atoms with Gasteiger partial charge in [-0.25, -0.2) is 4.39 Å². The lowest BCUT2D eigenvalue weighted by Crippen LogP contribution is -2.34. The first-order valence-electron chi connectivity index (χ1n) is 10.3. The van der Waals surface area contributed by atoms with Gasteiger partial charge < -0.3 is 4.90 Å². The van der Waals surface area contributed by atoms with Gasteiger partial charge in [0.2, 0.25) is 5.91 Å². The normalized spacial score (nSPS) is 17.7. The highest BCUT2D eigenvalue weighted by Gasteiger charge is 2.28. The van der Waals surface area contributed by atoms with Crippen molar-refractivity contribution in [1.82, 2.24) is 14.8 Å². The van der Waals surface area contributed by atoms with Crippen LogP contribution in [0, 0.1) is 11.7 Å². The molecule has 1 amide bonds. The van der Waals surface area contributed by atoms with Crippen molar-refractivity contribution in [2.75, 3.05) is 26.7 Å². The summed E-state index contributed by atoms with van der Waals surface area (Å²) in [6, 6.07) is 18.8. The summed E-state index contributed by atoms with van der Waals surface area (Å²) in [4.78, 5) is 21.3. The number of carbonyl (C=O) groups is 1. The first kappa shape index (κ1) is 20.2. The Bertz CT molecular complexity index is 991. The maximum Gasteiger partial charge on any atom is 0.227 e. The standard InChI is InChI=1S/C25H26FN3O/c1-28-13-14-29(17-19-9-11-27-12-10-19)18-23(25(28)30)16-20-3-2-4-22(15-20)21-5-7-24(26)8-6-21/h2-12,15,23H,13-14,16-18H2,1H3. The summed E-state index contributed by atoms with van der Waals surface area (Å²) in [7, 11) is 1.89. The fourth-order valence-electron chi connectivity index (χ4n) is 4.04. The molecule has 1 fully saturated rings. The van der Waals surface area contributed by atoms with Gasteiger partial charge in [0.15, 0.2) is 0 Å². The summed E-state index contributed by atoms with van der Waals surface area (Å²) in [5.41, 5.74) is 4.34. The summed E-state index contributed by atoms with van der Waals surface area (Å²) < 4.78 is 13.3. The third-order valence-electron chi connectivity index (χ3n) is 5.70. The number of rotatable bonds is 5. The lowest BCUT2D eigenvalue weighted by atomic mass is 9.95. The van der Waals surface area contributed by atoms with E-state index in [0.717, 1.165) is 42.9 Å². The van der Waals surface area contributed by atoms with E-state index in [0.29, 0.717) is 6.42 Å². The minimum atomic E-state index is -0.240. The summed E-state index contributed by atoms with van der Waals surface area (Å²) in [6.45, 7) is 3.13. The molecule has 30 heavy (non-hydrogen) atoms. The van der Waals surface area contributed by atoms with Crippen molar-refractivity contribution in [2.45, 2.75) is 13.0 Å². The highest BCUT2D eigenvalue weighted by Crippen LogP contribution is 2.24. The summed E-state index contributed by atoms with van der Waals surface area (Å²) in [6.07, 6.45) is 4.30. The minimum Gasteiger partial charge on any atom is -0.344 e. The van der Waals surface area contributed by atoms with Crippen LogP contribution >= 0.6 is 0 Å². The number of pyridine rings is 1. The monoisotopic (exact) mass is 403 g/mol. The molecule has 0 spiro atoms. The topological polar surface area (TPSA) is 36.4 Å². The molecule has 0 saturated carbocycles. The van der Waals surface area contributed by atoms with Gasteiger partial charge in [0.1, 0.15) is 5.82 Å². The van der Waals surface area contributed by atoms with Gasteiger partial charge in [-0.1, -0.05) is 36.4 Å². The van der Waals surface area contributed by atoms with E-state index in [1.165, 1.54) is 17.7 Å². The predicted octanol–water partition coefficient (Wildman–Crippen LogP) is 4.02. The van der Waals surface area contributed by atoms with E-state index < -0.39 is 0 Å². The van der Waals surface area contributed by atoms with Crippen molar-refractivity contribution < 1.29 is 9.18 Å². The molecule has 2 heterocycles. The fourth-order valence-corrected chi connectivity index (χ4v) is 4.04. The van der Waals surface area contributed by atoms with Crippen LogP contribution in [0.3, 0.4) is 0 Å². The first-order valence-corrected chi connectivity index (χ1v) is 10.3. The molecule has 1 aromatic heterocycles. The molecule has 0 radical (unpaired) electrons. The number of benzene rings is 2. The lowest BCUT2D eigenvalue weighted by molar-refractivity contribution is -0.133. The van der Waals surface area contributed by atoms with Crippen LogP contribution in [0.1, 0.15) is 11.1 Å². The molecule has 1 unspecified atom stereocenters. The second-order valence-corrected chi connectivity index (χ2v) is 7.96. The number of likely N-dealkylation sites (N-methyl/N-ethyl adjacent to an activating group) is 1. The minimum absolute atomic E-state index is 0.0946. The third-order valence-corrected chi connectivity index (χ3v) is 5.70. The molecule has 1 saturated heterocycles. The lowest BCUT2D eigenvalue weighted by Gasteiger charge is -2.23. The van der Waals surface area contributed by atoms with Gasteiger partial charge in [0.05, 0.1) is 5.92 Å². The fraction of sp³-hybridized carbons (Fsp3) is 0.280. The van der Waals surface area contributed by atoms with Gasteiger partial charge >= 0.3 is 0 Å². The second-order valence-electron chi connectivity index (χ2n) is 7.96. The largest absolute Gasteiger partial charge is 0.344 e. The molecule has 2 aromatic carbocycles. The van der Waals surface area contributed by atoms with Crippen LogP contribution in [0.15, 0.2) is 73.1 Å². The Kier molecular flexibility index (Phi) is 6.19. The SMILES string of the molecule is CN1CCN(Cc2ccncc2)CC(Cc2cccc(-c3ccc(F)cc3)c2)C1=O. The maximum atomic E-state index is 13.3. The molecule has 154 valence electrons. The van der Waals surface area contributed by atoms with Gasteiger partial charge in [0.25, 0.3) is 0 Å². The van der Waals surface area contributed by atoms with E-state index in [-0.39, 0.29) is 17.6 Å². The number of carbonyl (C=O) groups excluding carboxylic acids is 1. The van der Waals surface area contributed by atoms with Crippen molar-refractivity contribution in [1.29, 1.82) is 0 Å². The van der Waals surface area contributed by atoms with Gasteiger partial charge in [-0.2, -0.15) is 0 Å². The predicted molar refractivity (Wildman–Crippen MR) is 116 cm³/mol. The van der Waals surface area contributed by atoms with Gasteiger partial charge in [-0.05, 0) is 52.9 Å². The van der Waals surface area contributed by atoms with Crippen LogP contribution in [-0.2, 0) is 17.8 Å². The Morgan fingerprint density at radius 2 is 1.73 bits per heavy atom. The van der Waals surface area contributed by atoms with Gasteiger partial charge in [0, 0.05) is 45.6 Å². The van der Waals surface area contributed by atoms with E-state index in [1.54, 1.807) is 12.1 Å². The summed E-state index contributed by atoms with van der Waals surface area (Å²) >= 11 is 0. The molecule has 1 atom stereocenters. The Morgan fingerprint density at radius 1 is 0.967 bits per heavy atom. The zero-order valence-electron chi connectivity index (χ0n) is 17.2. The zero-order chi connectivity index (χ0) is 20.9. The Labute approximate surface area is 177 Å². The zero-order valence-corrected chi connectivity index (χ0v) is 17.2. The quantitative estimate of drug-likeness (QED) is 0.646. The summed E-state index contributed by atoms with van der Waals surface area (Å²) in [5, 5.41) is 0. The van der Waals surface area contributed by atoms with E-state index in [1.807, 2.05) is 48.6 Å². The van der Waals surface area contributed by atoms with Crippen LogP contribution in [-0.4, -0.2) is 47.4 Å². The Morgan fingerprint density at radius 3 is 2.50 bits per heavy atom. The molecule has 1 aliphatic heterocycles. The van der Waals surface area contributed by atoms with Crippen molar-refractivity contribution in [2.24, 2.45) is 5.92 Å². The molecule has 1 aliphatic rings. The van der Waals surface area contributed by atoms with Crippen molar-refractivity contribution in [3.8, 4) is 11.1 Å². The first-order chi connectivity index (χ1) is 14.6. The van der Waals surface area contributed by atoms with E-state index in [4.69, 9.17) is 0 Å². The smallest absolute Gasteiger partial charge is 0.227 e. The molecular weight excluding hydrogens is 377 g/mol. The van der Waals surface area contributed by atoms with Crippen molar-refractivity contribution in [3.05, 3.63) is 90.0 Å². The number of nitrogens with zero attached hydrogens (tertiary/aromatic N) is 3. The molecular formula is C25H26FN3O. The third kappa shape index (κ3) is 4.92. The molecule has 4 nitrogen and oxygen atoms in total. The Balaban J connectivity index is 1.52. The van der Waals surface area contributed by atoms with E-state index in [9.17, 15) is 9.18 Å². The van der Waals surface area contributed by atoms with Crippen LogP contribution in [0.2, 0.25) is 0 Å². The van der Waals surface area contributed by atoms with Crippen molar-refractivity contribution >= 4 is 5.91 Å². The molecule has 0 N–H and O–H groups in total. The van der Waals surface area contributed by atoms with Crippen LogP contribution in [0.4, 0.5) is 4.39 Å². The molecule has 0 bridgehead atoms. The van der Waals surface area contributed by atoms with E-state index >= 15 is 0 Å². The number of aromatic nitrogens is 1. The number of hydrogen-bond donors (Lipinski definition) is 0. The van der Waals surface area contributed by atoms with Crippen LogP contribution in [0.25, 0.3) is 11.1 Å². The average molecular weight is 404 g/mol. The summed E-state index contributed by atoms with van der Waals surface area (Å²) in [5.74, 6) is -0.140. The molecule has 3 aromatic rings. The number of halogens is 1. The number of hydrogen-bond acceptors (Lipinski definition) is 3. The maximum absolute atomic E-state index is 13.3. The highest BCUT2D eigenvalue weighted by molar-refractivity contribution is 5.79. The van der Waals surface area contributed by atoms with Crippen molar-refractivity contribution in [3.63, 3.8) is 0 Å². The highest BCUT2D eigenvalue weighted by atomic mass is 19.1. The average Bonchev–Trinajstić information content (AvgIpc) is 2.89.